The quantitative estimate of drug-likeness (QED) is 0.841. The molecule has 0 radical (unpaired) electrons. The molecule has 2 N–H and O–H groups in total. The Morgan fingerprint density at radius 2 is 1.60 bits per heavy atom. The molecule has 84 valence electrons. The van der Waals surface area contributed by atoms with Gasteiger partial charge in [0, 0.05) is 23.7 Å². The summed E-state index contributed by atoms with van der Waals surface area (Å²) in [5, 5.41) is 0. The largest absolute Gasteiger partial charge is 0.324 e. The second kappa shape index (κ2) is 4.41. The average Bonchev–Trinajstić information content (AvgIpc) is 2.83. The third kappa shape index (κ3) is 2.44. The lowest BCUT2D eigenvalue weighted by Gasteiger charge is -2.12. The van der Waals surface area contributed by atoms with Gasteiger partial charge in [-0.1, -0.05) is 0 Å². The van der Waals surface area contributed by atoms with E-state index in [0.29, 0.717) is 12.1 Å². The fourth-order valence-electron chi connectivity index (χ4n) is 1.56. The molecule has 0 amide bonds. The van der Waals surface area contributed by atoms with Crippen LogP contribution in [-0.2, 0) is 0 Å². The topological polar surface area (TPSA) is 26.0 Å². The van der Waals surface area contributed by atoms with Crippen LogP contribution in [0.3, 0.4) is 0 Å². The Bertz CT molecular complexity index is 343. The molecule has 0 unspecified atom stereocenters. The standard InChI is InChI=1S/C10H10F3N.ClH/c11-6-3-7(12)9(8(13)4-6)10(14)5-1-2-5;/h3-5,10H,1-2,14H2;1H/t10-;/m0./s1. The summed E-state index contributed by atoms with van der Waals surface area (Å²) in [6.45, 7) is 0. The van der Waals surface area contributed by atoms with E-state index in [9.17, 15) is 13.2 Å². The van der Waals surface area contributed by atoms with Gasteiger partial charge in [-0.15, -0.1) is 12.4 Å². The second-order valence-electron chi connectivity index (χ2n) is 3.65. The lowest BCUT2D eigenvalue weighted by atomic mass is 10.0. The zero-order valence-electron chi connectivity index (χ0n) is 7.84. The minimum absolute atomic E-state index is 0. The van der Waals surface area contributed by atoms with E-state index in [-0.39, 0.29) is 23.9 Å². The zero-order valence-corrected chi connectivity index (χ0v) is 8.66. The SMILES string of the molecule is Cl.N[C@H](c1c(F)cc(F)cc1F)C1CC1. The molecule has 1 aromatic carbocycles. The van der Waals surface area contributed by atoms with Gasteiger partial charge in [-0.3, -0.25) is 0 Å². The number of benzene rings is 1. The number of nitrogens with two attached hydrogens (primary N) is 1. The molecule has 1 fully saturated rings. The van der Waals surface area contributed by atoms with E-state index in [2.05, 4.69) is 0 Å². The van der Waals surface area contributed by atoms with E-state index in [0.717, 1.165) is 12.8 Å². The monoisotopic (exact) mass is 237 g/mol. The maximum atomic E-state index is 13.2. The highest BCUT2D eigenvalue weighted by molar-refractivity contribution is 5.85. The van der Waals surface area contributed by atoms with Crippen LogP contribution in [0.25, 0.3) is 0 Å². The lowest BCUT2D eigenvalue weighted by Crippen LogP contribution is -2.16. The smallest absolute Gasteiger partial charge is 0.133 e. The zero-order chi connectivity index (χ0) is 10.3. The first-order valence-electron chi connectivity index (χ1n) is 4.49. The van der Waals surface area contributed by atoms with Gasteiger partial charge in [0.1, 0.15) is 17.5 Å². The van der Waals surface area contributed by atoms with Crippen molar-refractivity contribution in [3.05, 3.63) is 35.1 Å². The van der Waals surface area contributed by atoms with Gasteiger partial charge in [0.15, 0.2) is 0 Å². The molecule has 0 saturated heterocycles. The summed E-state index contributed by atoms with van der Waals surface area (Å²) in [5.74, 6) is -2.54. The third-order valence-electron chi connectivity index (χ3n) is 2.51. The van der Waals surface area contributed by atoms with Crippen molar-refractivity contribution in [2.45, 2.75) is 18.9 Å². The Labute approximate surface area is 91.9 Å². The van der Waals surface area contributed by atoms with Crippen LogP contribution >= 0.6 is 12.4 Å². The molecule has 1 aliphatic carbocycles. The van der Waals surface area contributed by atoms with Gasteiger partial charge in [0.2, 0.25) is 0 Å². The molecular weight excluding hydrogens is 227 g/mol. The summed E-state index contributed by atoms with van der Waals surface area (Å²) >= 11 is 0. The molecule has 15 heavy (non-hydrogen) atoms. The molecule has 2 rings (SSSR count). The summed E-state index contributed by atoms with van der Waals surface area (Å²) in [6.07, 6.45) is 1.77. The van der Waals surface area contributed by atoms with Gasteiger partial charge in [-0.05, 0) is 18.8 Å². The minimum atomic E-state index is -0.910. The van der Waals surface area contributed by atoms with E-state index in [1.807, 2.05) is 0 Å². The van der Waals surface area contributed by atoms with Gasteiger partial charge in [0.05, 0.1) is 0 Å². The molecule has 1 aliphatic rings. The molecule has 0 aliphatic heterocycles. The van der Waals surface area contributed by atoms with Crippen LogP contribution in [0.5, 0.6) is 0 Å². The number of hydrogen-bond acceptors (Lipinski definition) is 1. The highest BCUT2D eigenvalue weighted by atomic mass is 35.5. The Morgan fingerprint density at radius 3 is 2.00 bits per heavy atom. The normalized spacial score (nSPS) is 17.1. The highest BCUT2D eigenvalue weighted by Crippen LogP contribution is 2.40. The van der Waals surface area contributed by atoms with E-state index in [1.54, 1.807) is 0 Å². The van der Waals surface area contributed by atoms with Crippen molar-refractivity contribution in [1.82, 2.24) is 0 Å². The van der Waals surface area contributed by atoms with Crippen LogP contribution < -0.4 is 5.73 Å². The highest BCUT2D eigenvalue weighted by Gasteiger charge is 2.33. The number of hydrogen-bond donors (Lipinski definition) is 1. The Hall–Kier alpha value is -0.740. The van der Waals surface area contributed by atoms with Crippen LogP contribution in [-0.4, -0.2) is 0 Å². The van der Waals surface area contributed by atoms with Crippen LogP contribution in [0.2, 0.25) is 0 Å². The maximum Gasteiger partial charge on any atom is 0.133 e. The van der Waals surface area contributed by atoms with Crippen molar-refractivity contribution >= 4 is 12.4 Å². The van der Waals surface area contributed by atoms with Crippen molar-refractivity contribution in [3.63, 3.8) is 0 Å². The van der Waals surface area contributed by atoms with E-state index >= 15 is 0 Å². The first-order valence-corrected chi connectivity index (χ1v) is 4.49. The van der Waals surface area contributed by atoms with Gasteiger partial charge >= 0.3 is 0 Å². The maximum absolute atomic E-state index is 13.2. The van der Waals surface area contributed by atoms with Crippen LogP contribution in [0, 0.1) is 23.4 Å². The van der Waals surface area contributed by atoms with Gasteiger partial charge < -0.3 is 5.73 Å². The molecule has 0 bridgehead atoms. The first-order chi connectivity index (χ1) is 6.59. The van der Waals surface area contributed by atoms with Crippen molar-refractivity contribution in [2.75, 3.05) is 0 Å². The summed E-state index contributed by atoms with van der Waals surface area (Å²) in [4.78, 5) is 0. The Morgan fingerprint density at radius 1 is 1.13 bits per heavy atom. The summed E-state index contributed by atoms with van der Waals surface area (Å²) < 4.78 is 38.9. The van der Waals surface area contributed by atoms with Gasteiger partial charge in [-0.25, -0.2) is 13.2 Å². The fraction of sp³-hybridized carbons (Fsp3) is 0.400. The molecule has 0 spiro atoms. The molecule has 0 heterocycles. The third-order valence-corrected chi connectivity index (χ3v) is 2.51. The molecule has 1 aromatic rings. The lowest BCUT2D eigenvalue weighted by molar-refractivity contribution is 0.486. The summed E-state index contributed by atoms with van der Waals surface area (Å²) in [6, 6.07) is 0.692. The predicted molar refractivity (Wildman–Crippen MR) is 53.2 cm³/mol. The Balaban J connectivity index is 0.00000112. The van der Waals surface area contributed by atoms with Crippen LogP contribution in [0.1, 0.15) is 24.4 Å². The van der Waals surface area contributed by atoms with E-state index in [1.165, 1.54) is 0 Å². The fourth-order valence-corrected chi connectivity index (χ4v) is 1.56. The molecule has 1 nitrogen and oxygen atoms in total. The molecule has 0 aromatic heterocycles. The predicted octanol–water partition coefficient (Wildman–Crippen LogP) is 2.94. The first kappa shape index (κ1) is 12.3. The van der Waals surface area contributed by atoms with E-state index < -0.39 is 23.5 Å². The van der Waals surface area contributed by atoms with Crippen molar-refractivity contribution in [3.8, 4) is 0 Å². The van der Waals surface area contributed by atoms with Crippen molar-refractivity contribution < 1.29 is 13.2 Å². The number of rotatable bonds is 2. The van der Waals surface area contributed by atoms with Crippen LogP contribution in [0.4, 0.5) is 13.2 Å². The number of halogens is 4. The minimum Gasteiger partial charge on any atom is -0.324 e. The molecule has 5 heteroatoms. The van der Waals surface area contributed by atoms with Crippen molar-refractivity contribution in [2.24, 2.45) is 11.7 Å². The molecule has 1 saturated carbocycles. The summed E-state index contributed by atoms with van der Waals surface area (Å²) in [5.41, 5.74) is 5.46. The van der Waals surface area contributed by atoms with Crippen LogP contribution in [0.15, 0.2) is 12.1 Å². The molecule has 1 atom stereocenters. The summed E-state index contributed by atoms with van der Waals surface area (Å²) in [7, 11) is 0. The Kier molecular flexibility index (Phi) is 3.62. The molecular formula is C10H11ClF3N. The van der Waals surface area contributed by atoms with E-state index in [4.69, 9.17) is 5.73 Å². The average molecular weight is 238 g/mol. The van der Waals surface area contributed by atoms with Gasteiger partial charge in [-0.2, -0.15) is 0 Å². The second-order valence-corrected chi connectivity index (χ2v) is 3.65. The van der Waals surface area contributed by atoms with Gasteiger partial charge in [0.25, 0.3) is 0 Å². The van der Waals surface area contributed by atoms with Crippen molar-refractivity contribution in [1.29, 1.82) is 0 Å².